The van der Waals surface area contributed by atoms with Crippen LogP contribution in [0.25, 0.3) is 0 Å². The van der Waals surface area contributed by atoms with Gasteiger partial charge in [-0.15, -0.1) is 0 Å². The molecule has 0 fully saturated rings. The van der Waals surface area contributed by atoms with Gasteiger partial charge in [-0.3, -0.25) is 4.21 Å². The van der Waals surface area contributed by atoms with Gasteiger partial charge in [0.15, 0.2) is 6.80 Å². The molecule has 8 heteroatoms. The van der Waals surface area contributed by atoms with Crippen molar-refractivity contribution in [3.63, 3.8) is 0 Å². The summed E-state index contributed by atoms with van der Waals surface area (Å²) < 4.78 is 38.9. The number of alkyl halides is 1. The van der Waals surface area contributed by atoms with Gasteiger partial charge in [-0.2, -0.15) is 5.10 Å². The highest BCUT2D eigenvalue weighted by atomic mass is 32.2. The lowest BCUT2D eigenvalue weighted by atomic mass is 10.4. The van der Waals surface area contributed by atoms with Gasteiger partial charge < -0.3 is 9.29 Å². The standard InChI is InChI=1S/C7H9FN2O4S/c1-2-14-7(11)5-3-9-10(4-8)6(5)15(12)13/h3H,2,4H2,1H3,(H,12,13)/p-1. The van der Waals surface area contributed by atoms with E-state index in [1.807, 2.05) is 0 Å². The first-order valence-corrected chi connectivity index (χ1v) is 5.07. The molecule has 1 rings (SSSR count). The number of carbonyl (C=O) groups is 1. The van der Waals surface area contributed by atoms with E-state index in [2.05, 4.69) is 9.84 Å². The molecule has 1 aromatic rings. The molecule has 0 spiro atoms. The third-order valence-corrected chi connectivity index (χ3v) is 2.30. The number of aromatic nitrogens is 2. The Balaban J connectivity index is 3.13. The van der Waals surface area contributed by atoms with Gasteiger partial charge >= 0.3 is 5.97 Å². The molecule has 15 heavy (non-hydrogen) atoms. The number of hydrogen-bond acceptors (Lipinski definition) is 5. The average molecular weight is 235 g/mol. The quantitative estimate of drug-likeness (QED) is 0.550. The third kappa shape index (κ3) is 2.39. The molecular weight excluding hydrogens is 227 g/mol. The summed E-state index contributed by atoms with van der Waals surface area (Å²) in [5, 5.41) is 2.90. The minimum atomic E-state index is -2.74. The number of carbonyl (C=O) groups excluding carboxylic acids is 1. The second-order valence-corrected chi connectivity index (χ2v) is 3.29. The molecule has 0 saturated heterocycles. The van der Waals surface area contributed by atoms with E-state index in [-0.39, 0.29) is 12.2 Å². The van der Waals surface area contributed by atoms with Crippen LogP contribution in [0.2, 0.25) is 0 Å². The zero-order chi connectivity index (χ0) is 11.4. The lowest BCUT2D eigenvalue weighted by molar-refractivity contribution is 0.0521. The molecule has 6 nitrogen and oxygen atoms in total. The summed E-state index contributed by atoms with van der Waals surface area (Å²) in [6, 6.07) is 0. The van der Waals surface area contributed by atoms with Crippen molar-refractivity contribution >= 4 is 17.0 Å². The van der Waals surface area contributed by atoms with Crippen molar-refractivity contribution in [3.05, 3.63) is 11.8 Å². The molecule has 1 unspecified atom stereocenters. The summed E-state index contributed by atoms with van der Waals surface area (Å²) in [6.07, 6.45) is 0.961. The Morgan fingerprint density at radius 1 is 1.80 bits per heavy atom. The largest absolute Gasteiger partial charge is 0.767 e. The topological polar surface area (TPSA) is 84.2 Å². The van der Waals surface area contributed by atoms with Crippen LogP contribution in [-0.2, 0) is 22.6 Å². The van der Waals surface area contributed by atoms with Crippen molar-refractivity contribution in [1.29, 1.82) is 0 Å². The van der Waals surface area contributed by atoms with Crippen molar-refractivity contribution in [2.75, 3.05) is 6.61 Å². The van der Waals surface area contributed by atoms with Crippen molar-refractivity contribution in [3.8, 4) is 0 Å². The Morgan fingerprint density at radius 3 is 2.93 bits per heavy atom. The van der Waals surface area contributed by atoms with E-state index in [1.165, 1.54) is 0 Å². The highest BCUT2D eigenvalue weighted by Crippen LogP contribution is 2.13. The van der Waals surface area contributed by atoms with Crippen molar-refractivity contribution in [2.24, 2.45) is 0 Å². The Hall–Kier alpha value is -1.28. The second kappa shape index (κ2) is 4.99. The normalized spacial score (nSPS) is 12.5. The molecule has 1 atom stereocenters. The fraction of sp³-hybridized carbons (Fsp3) is 0.429. The lowest BCUT2D eigenvalue weighted by Gasteiger charge is -2.08. The molecule has 0 aromatic carbocycles. The molecule has 0 amide bonds. The average Bonchev–Trinajstić information content (AvgIpc) is 2.61. The van der Waals surface area contributed by atoms with E-state index >= 15 is 0 Å². The molecule has 1 aromatic heterocycles. The van der Waals surface area contributed by atoms with E-state index in [0.29, 0.717) is 4.68 Å². The van der Waals surface area contributed by atoms with Crippen molar-refractivity contribution in [1.82, 2.24) is 9.78 Å². The fourth-order valence-electron chi connectivity index (χ4n) is 0.984. The fourth-order valence-corrected chi connectivity index (χ4v) is 1.57. The van der Waals surface area contributed by atoms with Crippen LogP contribution >= 0.6 is 0 Å². The van der Waals surface area contributed by atoms with E-state index in [0.717, 1.165) is 6.20 Å². The Kier molecular flexibility index (Phi) is 3.92. The third-order valence-electron chi connectivity index (χ3n) is 1.56. The molecule has 84 valence electrons. The van der Waals surface area contributed by atoms with Crippen LogP contribution in [0.3, 0.4) is 0 Å². The molecule has 0 saturated carbocycles. The smallest absolute Gasteiger partial charge is 0.342 e. The maximum absolute atomic E-state index is 12.3. The minimum absolute atomic E-state index is 0.102. The molecule has 1 heterocycles. The highest BCUT2D eigenvalue weighted by Gasteiger charge is 2.18. The first kappa shape index (κ1) is 11.8. The summed E-state index contributed by atoms with van der Waals surface area (Å²) >= 11 is -2.74. The Morgan fingerprint density at radius 2 is 2.47 bits per heavy atom. The predicted octanol–water partition coefficient (Wildman–Crippen LogP) is 0.225. The number of ether oxygens (including phenoxy) is 1. The lowest BCUT2D eigenvalue weighted by Crippen LogP contribution is -2.10. The van der Waals surface area contributed by atoms with Crippen molar-refractivity contribution < 1.29 is 22.7 Å². The van der Waals surface area contributed by atoms with Gasteiger partial charge in [0.2, 0.25) is 0 Å². The van der Waals surface area contributed by atoms with Crippen LogP contribution in [0.4, 0.5) is 4.39 Å². The van der Waals surface area contributed by atoms with Crippen LogP contribution in [-0.4, -0.2) is 31.1 Å². The Bertz CT molecular complexity index is 392. The number of rotatable bonds is 4. The maximum Gasteiger partial charge on any atom is 0.342 e. The molecule has 0 aliphatic carbocycles. The SMILES string of the molecule is CCOC(=O)c1cnn(CF)c1S(=O)[O-]. The second-order valence-electron chi connectivity index (χ2n) is 2.44. The maximum atomic E-state index is 12.3. The highest BCUT2D eigenvalue weighted by molar-refractivity contribution is 7.79. The number of esters is 1. The van der Waals surface area contributed by atoms with Crippen LogP contribution in [0, 0.1) is 0 Å². The minimum Gasteiger partial charge on any atom is -0.767 e. The zero-order valence-corrected chi connectivity index (χ0v) is 8.62. The van der Waals surface area contributed by atoms with Crippen LogP contribution in [0.5, 0.6) is 0 Å². The molecule has 0 bridgehead atoms. The first-order chi connectivity index (χ1) is 7.11. The van der Waals surface area contributed by atoms with Crippen LogP contribution < -0.4 is 0 Å². The van der Waals surface area contributed by atoms with Gasteiger partial charge in [-0.05, 0) is 18.0 Å². The van der Waals surface area contributed by atoms with Gasteiger partial charge in [0.1, 0.15) is 10.6 Å². The number of nitrogens with zero attached hydrogens (tertiary/aromatic N) is 2. The first-order valence-electron chi connectivity index (χ1n) is 4.00. The van der Waals surface area contributed by atoms with E-state index < -0.39 is 28.9 Å². The van der Waals surface area contributed by atoms with Gasteiger partial charge in [0, 0.05) is 0 Å². The summed E-state index contributed by atoms with van der Waals surface area (Å²) in [6.45, 7) is 0.554. The summed E-state index contributed by atoms with van der Waals surface area (Å²) in [4.78, 5) is 11.2. The van der Waals surface area contributed by atoms with E-state index in [4.69, 9.17) is 0 Å². The van der Waals surface area contributed by atoms with Gasteiger partial charge in [0.05, 0.1) is 12.8 Å². The van der Waals surface area contributed by atoms with Gasteiger partial charge in [0.25, 0.3) is 0 Å². The summed E-state index contributed by atoms with van der Waals surface area (Å²) in [7, 11) is 0. The molecule has 0 radical (unpaired) electrons. The monoisotopic (exact) mass is 235 g/mol. The van der Waals surface area contributed by atoms with E-state index in [1.54, 1.807) is 6.92 Å². The molecule has 0 aliphatic rings. The van der Waals surface area contributed by atoms with Gasteiger partial charge in [-0.1, -0.05) is 0 Å². The van der Waals surface area contributed by atoms with Crippen molar-refractivity contribution in [2.45, 2.75) is 18.7 Å². The zero-order valence-electron chi connectivity index (χ0n) is 7.81. The predicted molar refractivity (Wildman–Crippen MR) is 46.5 cm³/mol. The number of halogens is 1. The van der Waals surface area contributed by atoms with Crippen LogP contribution in [0.1, 0.15) is 17.3 Å². The Labute approximate surface area is 87.3 Å². The summed E-state index contributed by atoms with van der Waals surface area (Å²) in [5.41, 5.74) is -0.261. The molecular formula is C7H8FN2O4S-. The summed E-state index contributed by atoms with van der Waals surface area (Å²) in [5.74, 6) is -0.837. The molecule has 0 aliphatic heterocycles. The molecule has 0 N–H and O–H groups in total. The number of hydrogen-bond donors (Lipinski definition) is 0. The van der Waals surface area contributed by atoms with Gasteiger partial charge in [-0.25, -0.2) is 13.9 Å². The van der Waals surface area contributed by atoms with Crippen LogP contribution in [0.15, 0.2) is 11.2 Å². The van der Waals surface area contributed by atoms with E-state index in [9.17, 15) is 17.9 Å².